The quantitative estimate of drug-likeness (QED) is 0.143. The third-order valence-corrected chi connectivity index (χ3v) is 11.6. The highest BCUT2D eigenvalue weighted by molar-refractivity contribution is 7.16. The van der Waals surface area contributed by atoms with Crippen molar-refractivity contribution in [2.75, 3.05) is 10.6 Å². The Labute approximate surface area is 253 Å². The summed E-state index contributed by atoms with van der Waals surface area (Å²) in [5, 5.41) is 30.7. The summed E-state index contributed by atoms with van der Waals surface area (Å²) in [7, 11) is 0. The van der Waals surface area contributed by atoms with Gasteiger partial charge in [0.05, 0.1) is 33.9 Å². The van der Waals surface area contributed by atoms with E-state index in [1.54, 1.807) is 22.7 Å². The van der Waals surface area contributed by atoms with Gasteiger partial charge in [0.15, 0.2) is 0 Å². The molecule has 5 rings (SSSR count). The molecular formula is C35H44N2O2S2. The number of anilines is 4. The van der Waals surface area contributed by atoms with E-state index in [0.29, 0.717) is 11.5 Å². The Kier molecular flexibility index (Phi) is 7.71. The molecule has 4 nitrogen and oxygen atoms in total. The van der Waals surface area contributed by atoms with Crippen molar-refractivity contribution in [1.29, 1.82) is 0 Å². The molecule has 4 aromatic rings. The fourth-order valence-corrected chi connectivity index (χ4v) is 8.05. The van der Waals surface area contributed by atoms with Crippen molar-refractivity contribution >= 4 is 45.4 Å². The minimum Gasteiger partial charge on any atom is -0.507 e. The van der Waals surface area contributed by atoms with Crippen LogP contribution in [0.15, 0.2) is 30.3 Å². The molecule has 0 fully saturated rings. The Morgan fingerprint density at radius 3 is 1.93 bits per heavy atom. The summed E-state index contributed by atoms with van der Waals surface area (Å²) < 4.78 is 0. The van der Waals surface area contributed by atoms with E-state index in [4.69, 9.17) is 0 Å². The number of benzene rings is 2. The first-order valence-electron chi connectivity index (χ1n) is 14.8. The van der Waals surface area contributed by atoms with Crippen LogP contribution in [0.4, 0.5) is 22.7 Å². The number of aryl methyl sites for hydroxylation is 1. The lowest BCUT2D eigenvalue weighted by atomic mass is 9.88. The van der Waals surface area contributed by atoms with Crippen LogP contribution in [0.2, 0.25) is 0 Å². The van der Waals surface area contributed by atoms with E-state index in [2.05, 4.69) is 90.3 Å². The van der Waals surface area contributed by atoms with E-state index in [1.165, 1.54) is 9.75 Å². The van der Waals surface area contributed by atoms with Crippen molar-refractivity contribution in [3.8, 4) is 32.4 Å². The average Bonchev–Trinajstić information content (AvgIpc) is 3.60. The zero-order valence-corrected chi connectivity index (χ0v) is 27.6. The molecule has 2 aromatic carbocycles. The van der Waals surface area contributed by atoms with Crippen molar-refractivity contribution in [3.63, 3.8) is 0 Å². The standard InChI is InChI=1S/C35H44N2O2S2/c1-10-13-20-18-22(38)27(23-15-17-26(41-23)35(8,9)12-3)31-29(20)36-32-28(24-14-16-25(40-24)34(5,6)7)33(39)19(4)21(11-2)30(32)37-31/h14-18,36-39H,10-13H2,1-9H3. The molecule has 0 amide bonds. The zero-order chi connectivity index (χ0) is 29.9. The van der Waals surface area contributed by atoms with Crippen molar-refractivity contribution in [3.05, 3.63) is 56.8 Å². The number of hydrogen-bond donors (Lipinski definition) is 4. The van der Waals surface area contributed by atoms with Crippen LogP contribution >= 0.6 is 22.7 Å². The van der Waals surface area contributed by atoms with Gasteiger partial charge in [0.1, 0.15) is 11.5 Å². The van der Waals surface area contributed by atoms with Gasteiger partial charge in [-0.25, -0.2) is 0 Å². The van der Waals surface area contributed by atoms with Crippen LogP contribution in [0.25, 0.3) is 20.9 Å². The van der Waals surface area contributed by atoms with Gasteiger partial charge in [-0.2, -0.15) is 0 Å². The SMILES string of the molecule is CCCc1cc(O)c(-c2ccc(C(C)(C)CC)s2)c2c1Nc1c(c(CC)c(C)c(O)c1-c1ccc(C(C)(C)C)s1)N2. The van der Waals surface area contributed by atoms with Gasteiger partial charge in [-0.15, -0.1) is 22.7 Å². The second kappa shape index (κ2) is 10.7. The van der Waals surface area contributed by atoms with Crippen LogP contribution < -0.4 is 10.6 Å². The molecule has 0 spiro atoms. The highest BCUT2D eigenvalue weighted by atomic mass is 32.1. The maximum absolute atomic E-state index is 11.6. The maximum Gasteiger partial charge on any atom is 0.129 e. The summed E-state index contributed by atoms with van der Waals surface area (Å²) in [6, 6.07) is 10.6. The lowest BCUT2D eigenvalue weighted by Gasteiger charge is -2.32. The normalized spacial score (nSPS) is 13.0. The number of hydrogen-bond acceptors (Lipinski definition) is 6. The van der Waals surface area contributed by atoms with E-state index in [9.17, 15) is 10.2 Å². The number of fused-ring (bicyclic) bond motifs is 2. The van der Waals surface area contributed by atoms with E-state index >= 15 is 0 Å². The minimum absolute atomic E-state index is 0.0297. The molecule has 0 saturated heterocycles. The number of rotatable bonds is 7. The minimum atomic E-state index is 0.0297. The summed E-state index contributed by atoms with van der Waals surface area (Å²) in [5.41, 5.74) is 8.61. The van der Waals surface area contributed by atoms with E-state index in [1.807, 2.05) is 13.0 Å². The van der Waals surface area contributed by atoms with E-state index < -0.39 is 0 Å². The molecule has 41 heavy (non-hydrogen) atoms. The number of nitrogens with one attached hydrogen (secondary N) is 2. The predicted molar refractivity (Wildman–Crippen MR) is 180 cm³/mol. The third-order valence-electron chi connectivity index (χ3n) is 8.60. The first kappa shape index (κ1) is 29.5. The molecule has 6 heteroatoms. The molecule has 0 saturated carbocycles. The Morgan fingerprint density at radius 2 is 1.34 bits per heavy atom. The Bertz CT molecular complexity index is 1620. The summed E-state index contributed by atoms with van der Waals surface area (Å²) in [6.45, 7) is 19.8. The monoisotopic (exact) mass is 588 g/mol. The van der Waals surface area contributed by atoms with Crippen LogP contribution in [0.5, 0.6) is 11.5 Å². The zero-order valence-electron chi connectivity index (χ0n) is 25.9. The van der Waals surface area contributed by atoms with E-state index in [-0.39, 0.29) is 10.8 Å². The van der Waals surface area contributed by atoms with Gasteiger partial charge in [0, 0.05) is 19.5 Å². The Morgan fingerprint density at radius 1 is 0.756 bits per heavy atom. The third kappa shape index (κ3) is 5.03. The molecule has 1 aliphatic heterocycles. The van der Waals surface area contributed by atoms with Gasteiger partial charge in [-0.05, 0) is 84.0 Å². The largest absolute Gasteiger partial charge is 0.507 e. The molecular weight excluding hydrogens is 545 g/mol. The van der Waals surface area contributed by atoms with Crippen LogP contribution in [0.3, 0.4) is 0 Å². The number of aromatic hydroxyl groups is 2. The number of phenolic OH excluding ortho intramolecular Hbond substituents is 2. The number of phenols is 2. The summed E-state index contributed by atoms with van der Waals surface area (Å²) in [4.78, 5) is 4.70. The first-order chi connectivity index (χ1) is 19.3. The van der Waals surface area contributed by atoms with Crippen LogP contribution in [-0.4, -0.2) is 10.2 Å². The highest BCUT2D eigenvalue weighted by Gasteiger charge is 2.32. The lowest BCUT2D eigenvalue weighted by molar-refractivity contribution is 0.472. The van der Waals surface area contributed by atoms with Gasteiger partial charge < -0.3 is 20.8 Å². The molecule has 3 heterocycles. The molecule has 0 radical (unpaired) electrons. The highest BCUT2D eigenvalue weighted by Crippen LogP contribution is 2.57. The molecule has 1 aliphatic rings. The molecule has 218 valence electrons. The fourth-order valence-electron chi connectivity index (χ4n) is 5.70. The van der Waals surface area contributed by atoms with Crippen molar-refractivity contribution < 1.29 is 10.2 Å². The predicted octanol–water partition coefficient (Wildman–Crippen LogP) is 11.2. The lowest BCUT2D eigenvalue weighted by Crippen LogP contribution is -2.14. The van der Waals surface area contributed by atoms with Gasteiger partial charge in [-0.3, -0.25) is 0 Å². The Hall–Kier alpha value is -2.96. The van der Waals surface area contributed by atoms with Gasteiger partial charge in [0.25, 0.3) is 0 Å². The number of thiophene rings is 2. The van der Waals surface area contributed by atoms with Crippen LogP contribution in [0, 0.1) is 6.92 Å². The van der Waals surface area contributed by atoms with Gasteiger partial charge in [0.2, 0.25) is 0 Å². The van der Waals surface area contributed by atoms with Crippen molar-refractivity contribution in [2.45, 2.75) is 98.8 Å². The molecule has 0 unspecified atom stereocenters. The van der Waals surface area contributed by atoms with E-state index in [0.717, 1.165) is 86.0 Å². The molecule has 4 N–H and O–H groups in total. The summed E-state index contributed by atoms with van der Waals surface area (Å²) in [6.07, 6.45) is 3.61. The first-order valence-corrected chi connectivity index (χ1v) is 16.5. The summed E-state index contributed by atoms with van der Waals surface area (Å²) in [5.74, 6) is 0.635. The van der Waals surface area contributed by atoms with Gasteiger partial charge in [-0.1, -0.05) is 61.8 Å². The Balaban J connectivity index is 1.76. The van der Waals surface area contributed by atoms with Crippen LogP contribution in [0.1, 0.15) is 94.7 Å². The van der Waals surface area contributed by atoms with Gasteiger partial charge >= 0.3 is 0 Å². The molecule has 0 bridgehead atoms. The second-order valence-corrected chi connectivity index (χ2v) is 15.1. The summed E-state index contributed by atoms with van der Waals surface area (Å²) >= 11 is 3.50. The smallest absolute Gasteiger partial charge is 0.129 e. The fraction of sp³-hybridized carbons (Fsp3) is 0.429. The van der Waals surface area contributed by atoms with Crippen LogP contribution in [-0.2, 0) is 23.7 Å². The molecule has 0 atom stereocenters. The molecule has 2 aromatic heterocycles. The average molecular weight is 589 g/mol. The van der Waals surface area contributed by atoms with Crippen molar-refractivity contribution in [1.82, 2.24) is 0 Å². The second-order valence-electron chi connectivity index (χ2n) is 12.9. The van der Waals surface area contributed by atoms with Crippen molar-refractivity contribution in [2.24, 2.45) is 0 Å². The molecule has 0 aliphatic carbocycles. The maximum atomic E-state index is 11.6. The topological polar surface area (TPSA) is 64.5 Å².